The number of nitrogens with one attached hydrogen (secondary N) is 2. The zero-order chi connectivity index (χ0) is 17.8. The van der Waals surface area contributed by atoms with E-state index >= 15 is 0 Å². The van der Waals surface area contributed by atoms with Gasteiger partial charge in [0.2, 0.25) is 0 Å². The second kappa shape index (κ2) is 7.36. The molecule has 0 aliphatic carbocycles. The van der Waals surface area contributed by atoms with Crippen LogP contribution in [-0.4, -0.2) is 10.9 Å². The number of hydrogen-bond acceptors (Lipinski definition) is 3. The van der Waals surface area contributed by atoms with Crippen molar-refractivity contribution in [3.8, 4) is 0 Å². The summed E-state index contributed by atoms with van der Waals surface area (Å²) in [7, 11) is 0. The maximum absolute atomic E-state index is 12.5. The molecule has 0 saturated heterocycles. The Morgan fingerprint density at radius 3 is 2.48 bits per heavy atom. The van der Waals surface area contributed by atoms with E-state index < -0.39 is 0 Å². The van der Waals surface area contributed by atoms with E-state index in [1.54, 1.807) is 30.6 Å². The number of hydrogen-bond donors (Lipinski definition) is 2. The van der Waals surface area contributed by atoms with Crippen molar-refractivity contribution in [2.75, 3.05) is 10.6 Å². The lowest BCUT2D eigenvalue weighted by molar-refractivity contribution is 0.102. The second-order valence-electron chi connectivity index (χ2n) is 5.87. The number of amides is 1. The van der Waals surface area contributed by atoms with Gasteiger partial charge in [-0.3, -0.25) is 9.78 Å². The molecule has 0 unspecified atom stereocenters. The van der Waals surface area contributed by atoms with Crippen molar-refractivity contribution in [2.24, 2.45) is 0 Å². The highest BCUT2D eigenvalue weighted by molar-refractivity contribution is 6.30. The SMILES string of the molecule is Cc1ccc(C)c(NC(=O)c2cncc(Nc3ccc(Cl)cc3)c2)c1. The fourth-order valence-corrected chi connectivity index (χ4v) is 2.52. The summed E-state index contributed by atoms with van der Waals surface area (Å²) in [5, 5.41) is 6.82. The molecule has 0 aliphatic rings. The van der Waals surface area contributed by atoms with Gasteiger partial charge in [-0.25, -0.2) is 0 Å². The number of aryl methyl sites for hydroxylation is 2. The van der Waals surface area contributed by atoms with E-state index in [0.717, 1.165) is 28.2 Å². The Bertz CT molecular complexity index is 907. The fourth-order valence-electron chi connectivity index (χ4n) is 2.40. The molecule has 2 N–H and O–H groups in total. The minimum absolute atomic E-state index is 0.194. The van der Waals surface area contributed by atoms with E-state index in [9.17, 15) is 4.79 Å². The molecule has 0 spiro atoms. The number of carbonyl (C=O) groups is 1. The largest absolute Gasteiger partial charge is 0.354 e. The lowest BCUT2D eigenvalue weighted by Crippen LogP contribution is -2.13. The van der Waals surface area contributed by atoms with Crippen molar-refractivity contribution in [2.45, 2.75) is 13.8 Å². The molecule has 1 aromatic heterocycles. The van der Waals surface area contributed by atoms with Crippen molar-refractivity contribution >= 4 is 34.6 Å². The normalized spacial score (nSPS) is 10.4. The van der Waals surface area contributed by atoms with E-state index in [1.807, 2.05) is 44.2 Å². The van der Waals surface area contributed by atoms with Crippen molar-refractivity contribution < 1.29 is 4.79 Å². The lowest BCUT2D eigenvalue weighted by Gasteiger charge is -2.11. The van der Waals surface area contributed by atoms with Crippen LogP contribution in [0.1, 0.15) is 21.5 Å². The Morgan fingerprint density at radius 2 is 1.72 bits per heavy atom. The summed E-state index contributed by atoms with van der Waals surface area (Å²) < 4.78 is 0. The number of anilines is 3. The molecule has 0 fully saturated rings. The fraction of sp³-hybridized carbons (Fsp3) is 0.100. The van der Waals surface area contributed by atoms with Gasteiger partial charge in [0.1, 0.15) is 0 Å². The molecule has 1 amide bonds. The standard InChI is InChI=1S/C20H18ClN3O/c1-13-3-4-14(2)19(9-13)24-20(25)15-10-18(12-22-11-15)23-17-7-5-16(21)6-8-17/h3-12,23H,1-2H3,(H,24,25). The van der Waals surface area contributed by atoms with Crippen LogP contribution in [0.4, 0.5) is 17.1 Å². The van der Waals surface area contributed by atoms with E-state index in [1.165, 1.54) is 0 Å². The molecule has 126 valence electrons. The number of nitrogens with zero attached hydrogens (tertiary/aromatic N) is 1. The zero-order valence-electron chi connectivity index (χ0n) is 14.0. The Kier molecular flexibility index (Phi) is 5.00. The zero-order valence-corrected chi connectivity index (χ0v) is 14.8. The van der Waals surface area contributed by atoms with Gasteiger partial charge in [0.15, 0.2) is 0 Å². The number of carbonyl (C=O) groups excluding carboxylic acids is 1. The average Bonchev–Trinajstić information content (AvgIpc) is 2.60. The molecule has 0 bridgehead atoms. The predicted molar refractivity (Wildman–Crippen MR) is 103 cm³/mol. The van der Waals surface area contributed by atoms with E-state index in [4.69, 9.17) is 11.6 Å². The second-order valence-corrected chi connectivity index (χ2v) is 6.30. The first-order valence-corrected chi connectivity index (χ1v) is 8.25. The Morgan fingerprint density at radius 1 is 0.960 bits per heavy atom. The first-order chi connectivity index (χ1) is 12.0. The molecule has 4 nitrogen and oxygen atoms in total. The van der Waals surface area contributed by atoms with Crippen LogP contribution in [0.3, 0.4) is 0 Å². The van der Waals surface area contributed by atoms with Crippen LogP contribution in [0, 0.1) is 13.8 Å². The first kappa shape index (κ1) is 17.0. The number of rotatable bonds is 4. The predicted octanol–water partition coefficient (Wildman–Crippen LogP) is 5.35. The summed E-state index contributed by atoms with van der Waals surface area (Å²) in [6.07, 6.45) is 3.22. The molecule has 1 heterocycles. The number of aromatic nitrogens is 1. The van der Waals surface area contributed by atoms with E-state index in [2.05, 4.69) is 15.6 Å². The first-order valence-electron chi connectivity index (χ1n) is 7.87. The van der Waals surface area contributed by atoms with Gasteiger partial charge in [0.05, 0.1) is 17.4 Å². The molecular weight excluding hydrogens is 334 g/mol. The molecule has 3 rings (SSSR count). The van der Waals surface area contributed by atoms with Crippen molar-refractivity contribution in [1.82, 2.24) is 4.98 Å². The van der Waals surface area contributed by atoms with Crippen LogP contribution in [0.5, 0.6) is 0 Å². The van der Waals surface area contributed by atoms with Crippen LogP contribution < -0.4 is 10.6 Å². The monoisotopic (exact) mass is 351 g/mol. The minimum atomic E-state index is -0.194. The Labute approximate surface area is 151 Å². The Balaban J connectivity index is 1.77. The van der Waals surface area contributed by atoms with Gasteiger partial charge in [0, 0.05) is 22.6 Å². The molecular formula is C20H18ClN3O. The van der Waals surface area contributed by atoms with Crippen LogP contribution in [0.25, 0.3) is 0 Å². The topological polar surface area (TPSA) is 54.0 Å². The van der Waals surface area contributed by atoms with Crippen LogP contribution in [-0.2, 0) is 0 Å². The van der Waals surface area contributed by atoms with Crippen molar-refractivity contribution in [3.63, 3.8) is 0 Å². The third kappa shape index (κ3) is 4.37. The summed E-state index contributed by atoms with van der Waals surface area (Å²) in [5.41, 5.74) is 5.01. The van der Waals surface area contributed by atoms with Gasteiger partial charge in [-0.1, -0.05) is 23.7 Å². The molecule has 0 saturated carbocycles. The van der Waals surface area contributed by atoms with Crippen molar-refractivity contribution in [1.29, 1.82) is 0 Å². The van der Waals surface area contributed by atoms with Gasteiger partial charge < -0.3 is 10.6 Å². The summed E-state index contributed by atoms with van der Waals surface area (Å²) in [6.45, 7) is 3.96. The van der Waals surface area contributed by atoms with E-state index in [-0.39, 0.29) is 5.91 Å². The van der Waals surface area contributed by atoms with Crippen LogP contribution in [0.2, 0.25) is 5.02 Å². The summed E-state index contributed by atoms with van der Waals surface area (Å²) >= 11 is 5.89. The number of pyridine rings is 1. The van der Waals surface area contributed by atoms with Gasteiger partial charge in [-0.05, 0) is 61.4 Å². The minimum Gasteiger partial charge on any atom is -0.354 e. The molecule has 0 aliphatic heterocycles. The molecule has 0 atom stereocenters. The van der Waals surface area contributed by atoms with E-state index in [0.29, 0.717) is 10.6 Å². The maximum atomic E-state index is 12.5. The quantitative estimate of drug-likeness (QED) is 0.666. The number of benzene rings is 2. The summed E-state index contributed by atoms with van der Waals surface area (Å²) in [4.78, 5) is 16.7. The molecule has 0 radical (unpaired) electrons. The summed E-state index contributed by atoms with van der Waals surface area (Å²) in [5.74, 6) is -0.194. The third-order valence-corrected chi connectivity index (χ3v) is 4.03. The summed E-state index contributed by atoms with van der Waals surface area (Å²) in [6, 6.07) is 15.1. The maximum Gasteiger partial charge on any atom is 0.257 e. The van der Waals surface area contributed by atoms with Gasteiger partial charge in [-0.2, -0.15) is 0 Å². The van der Waals surface area contributed by atoms with Crippen LogP contribution in [0.15, 0.2) is 60.9 Å². The number of halogens is 1. The molecule has 2 aromatic carbocycles. The lowest BCUT2D eigenvalue weighted by atomic mass is 10.1. The molecule has 5 heteroatoms. The Hall–Kier alpha value is -2.85. The highest BCUT2D eigenvalue weighted by atomic mass is 35.5. The highest BCUT2D eigenvalue weighted by Gasteiger charge is 2.09. The molecule has 25 heavy (non-hydrogen) atoms. The highest BCUT2D eigenvalue weighted by Crippen LogP contribution is 2.21. The third-order valence-electron chi connectivity index (χ3n) is 3.77. The van der Waals surface area contributed by atoms with Gasteiger partial charge in [-0.15, -0.1) is 0 Å². The van der Waals surface area contributed by atoms with Crippen molar-refractivity contribution in [3.05, 3.63) is 82.6 Å². The van der Waals surface area contributed by atoms with Gasteiger partial charge >= 0.3 is 0 Å². The molecule has 3 aromatic rings. The van der Waals surface area contributed by atoms with Crippen LogP contribution >= 0.6 is 11.6 Å². The average molecular weight is 352 g/mol. The van der Waals surface area contributed by atoms with Gasteiger partial charge in [0.25, 0.3) is 5.91 Å². The smallest absolute Gasteiger partial charge is 0.257 e.